The third kappa shape index (κ3) is 5.24. The minimum atomic E-state index is -0.344. The van der Waals surface area contributed by atoms with Crippen molar-refractivity contribution in [2.24, 2.45) is 0 Å². The Labute approximate surface area is 157 Å². The van der Waals surface area contributed by atoms with Gasteiger partial charge in [0.15, 0.2) is 5.65 Å². The molecular formula is C20H21N5O2. The monoisotopic (exact) mass is 363 g/mol. The minimum Gasteiger partial charge on any atom is -0.353 e. The molecule has 0 saturated carbocycles. The first-order valence-corrected chi connectivity index (χ1v) is 8.74. The van der Waals surface area contributed by atoms with Crippen molar-refractivity contribution in [3.63, 3.8) is 0 Å². The van der Waals surface area contributed by atoms with Gasteiger partial charge in [-0.1, -0.05) is 23.8 Å². The molecule has 7 nitrogen and oxygen atoms in total. The van der Waals surface area contributed by atoms with Crippen molar-refractivity contribution in [2.75, 3.05) is 11.9 Å². The maximum Gasteiger partial charge on any atom is 0.248 e. The van der Waals surface area contributed by atoms with E-state index in [9.17, 15) is 9.59 Å². The van der Waals surface area contributed by atoms with Crippen molar-refractivity contribution in [2.45, 2.75) is 19.8 Å². The fourth-order valence-corrected chi connectivity index (χ4v) is 2.55. The highest BCUT2D eigenvalue weighted by Crippen LogP contribution is 2.08. The SMILES string of the molecule is Cc1ccc(NC(=O)/C=C/C(=O)NCCCc2nnc3ccccn23)cc1. The molecule has 0 atom stereocenters. The number of rotatable bonds is 7. The number of carbonyl (C=O) groups excluding carboxylic acids is 2. The normalized spacial score (nSPS) is 11.0. The average molecular weight is 363 g/mol. The molecule has 0 radical (unpaired) electrons. The number of hydrogen-bond acceptors (Lipinski definition) is 4. The van der Waals surface area contributed by atoms with E-state index in [2.05, 4.69) is 20.8 Å². The average Bonchev–Trinajstić information content (AvgIpc) is 3.09. The summed E-state index contributed by atoms with van der Waals surface area (Å²) in [5.41, 5.74) is 2.61. The van der Waals surface area contributed by atoms with Gasteiger partial charge in [0.25, 0.3) is 0 Å². The second-order valence-electron chi connectivity index (χ2n) is 6.13. The molecule has 0 saturated heterocycles. The molecule has 2 N–H and O–H groups in total. The summed E-state index contributed by atoms with van der Waals surface area (Å²) < 4.78 is 1.93. The van der Waals surface area contributed by atoms with Gasteiger partial charge in [0.05, 0.1) is 0 Å². The van der Waals surface area contributed by atoms with E-state index >= 15 is 0 Å². The summed E-state index contributed by atoms with van der Waals surface area (Å²) in [6.45, 7) is 2.46. The Morgan fingerprint density at radius 3 is 2.63 bits per heavy atom. The van der Waals surface area contributed by atoms with Gasteiger partial charge in [-0.05, 0) is 37.6 Å². The van der Waals surface area contributed by atoms with Gasteiger partial charge >= 0.3 is 0 Å². The van der Waals surface area contributed by atoms with E-state index in [0.717, 1.165) is 23.5 Å². The maximum atomic E-state index is 11.8. The van der Waals surface area contributed by atoms with Crippen molar-refractivity contribution in [1.82, 2.24) is 19.9 Å². The number of hydrogen-bond donors (Lipinski definition) is 2. The molecule has 3 aromatic rings. The second kappa shape index (κ2) is 8.75. The highest BCUT2D eigenvalue weighted by atomic mass is 16.2. The molecule has 0 unspecified atom stereocenters. The number of fused-ring (bicyclic) bond motifs is 1. The van der Waals surface area contributed by atoms with Crippen molar-refractivity contribution in [3.8, 4) is 0 Å². The summed E-state index contributed by atoms with van der Waals surface area (Å²) in [7, 11) is 0. The lowest BCUT2D eigenvalue weighted by Crippen LogP contribution is -2.23. The van der Waals surface area contributed by atoms with Crippen LogP contribution in [0.1, 0.15) is 17.8 Å². The van der Waals surface area contributed by atoms with Crippen LogP contribution >= 0.6 is 0 Å². The lowest BCUT2D eigenvalue weighted by molar-refractivity contribution is -0.117. The number of benzene rings is 1. The van der Waals surface area contributed by atoms with E-state index < -0.39 is 0 Å². The fourth-order valence-electron chi connectivity index (χ4n) is 2.55. The summed E-state index contributed by atoms with van der Waals surface area (Å²) >= 11 is 0. The van der Waals surface area contributed by atoms with E-state index in [1.165, 1.54) is 12.2 Å². The number of nitrogens with zero attached hydrogens (tertiary/aromatic N) is 3. The van der Waals surface area contributed by atoms with Crippen molar-refractivity contribution in [3.05, 3.63) is 72.2 Å². The Balaban J connectivity index is 1.39. The number of aryl methyl sites for hydroxylation is 2. The van der Waals surface area contributed by atoms with Gasteiger partial charge in [-0.25, -0.2) is 0 Å². The number of pyridine rings is 1. The summed E-state index contributed by atoms with van der Waals surface area (Å²) in [5.74, 6) is 0.206. The standard InChI is InChI=1S/C20H21N5O2/c1-15-7-9-16(10-8-15)22-20(27)12-11-19(26)21-13-4-6-18-24-23-17-5-2-3-14-25(17)18/h2-3,5,7-12,14H,4,6,13H2,1H3,(H,21,26)(H,22,27)/b12-11+. The molecule has 0 aliphatic heterocycles. The van der Waals surface area contributed by atoms with Gasteiger partial charge in [0.2, 0.25) is 11.8 Å². The zero-order valence-electron chi connectivity index (χ0n) is 15.1. The van der Waals surface area contributed by atoms with Gasteiger partial charge in [0, 0.05) is 37.0 Å². The summed E-state index contributed by atoms with van der Waals surface area (Å²) in [4.78, 5) is 23.6. The molecule has 138 valence electrons. The molecular weight excluding hydrogens is 342 g/mol. The zero-order chi connectivity index (χ0) is 19.1. The predicted octanol–water partition coefficient (Wildman–Crippen LogP) is 2.28. The lowest BCUT2D eigenvalue weighted by atomic mass is 10.2. The van der Waals surface area contributed by atoms with Crippen molar-refractivity contribution < 1.29 is 9.59 Å². The molecule has 2 aromatic heterocycles. The highest BCUT2D eigenvalue weighted by molar-refractivity contribution is 6.03. The number of amides is 2. The molecule has 2 heterocycles. The lowest BCUT2D eigenvalue weighted by Gasteiger charge is -2.03. The van der Waals surface area contributed by atoms with Crippen LogP contribution in [0.4, 0.5) is 5.69 Å². The van der Waals surface area contributed by atoms with E-state index in [4.69, 9.17) is 0 Å². The first kappa shape index (κ1) is 18.3. The van der Waals surface area contributed by atoms with Gasteiger partial charge in [-0.3, -0.25) is 14.0 Å². The quantitative estimate of drug-likeness (QED) is 0.498. The molecule has 2 amide bonds. The van der Waals surface area contributed by atoms with Crippen LogP contribution in [0.15, 0.2) is 60.8 Å². The van der Waals surface area contributed by atoms with E-state index in [1.807, 2.05) is 60.0 Å². The van der Waals surface area contributed by atoms with Crippen LogP contribution in [0.5, 0.6) is 0 Å². The Hall–Kier alpha value is -3.48. The van der Waals surface area contributed by atoms with Gasteiger partial charge in [0.1, 0.15) is 5.82 Å². The topological polar surface area (TPSA) is 88.4 Å². The predicted molar refractivity (Wildman–Crippen MR) is 103 cm³/mol. The van der Waals surface area contributed by atoms with Crippen LogP contribution in [-0.4, -0.2) is 33.0 Å². The second-order valence-corrected chi connectivity index (χ2v) is 6.13. The molecule has 0 aliphatic carbocycles. The van der Waals surface area contributed by atoms with Crippen LogP contribution in [0.2, 0.25) is 0 Å². The van der Waals surface area contributed by atoms with Crippen LogP contribution in [-0.2, 0) is 16.0 Å². The maximum absolute atomic E-state index is 11.8. The zero-order valence-corrected chi connectivity index (χ0v) is 15.1. The number of carbonyl (C=O) groups is 2. The Bertz CT molecular complexity index is 960. The van der Waals surface area contributed by atoms with Gasteiger partial charge in [-0.15, -0.1) is 10.2 Å². The van der Waals surface area contributed by atoms with Crippen LogP contribution in [0.25, 0.3) is 5.65 Å². The first-order valence-electron chi connectivity index (χ1n) is 8.74. The largest absolute Gasteiger partial charge is 0.353 e. The van der Waals surface area contributed by atoms with Crippen LogP contribution in [0.3, 0.4) is 0 Å². The molecule has 0 bridgehead atoms. The van der Waals surface area contributed by atoms with Crippen LogP contribution < -0.4 is 10.6 Å². The molecule has 1 aromatic carbocycles. The molecule has 27 heavy (non-hydrogen) atoms. The first-order chi connectivity index (χ1) is 13.1. The summed E-state index contributed by atoms with van der Waals surface area (Å²) in [6.07, 6.45) is 5.80. The van der Waals surface area contributed by atoms with E-state index in [-0.39, 0.29) is 11.8 Å². The third-order valence-corrected chi connectivity index (χ3v) is 3.97. The number of aromatic nitrogens is 3. The van der Waals surface area contributed by atoms with E-state index in [1.54, 1.807) is 0 Å². The van der Waals surface area contributed by atoms with E-state index in [0.29, 0.717) is 18.7 Å². The molecule has 3 rings (SSSR count). The Kier molecular flexibility index (Phi) is 5.94. The Morgan fingerprint density at radius 2 is 1.81 bits per heavy atom. The fraction of sp³-hybridized carbons (Fsp3) is 0.200. The molecule has 0 spiro atoms. The van der Waals surface area contributed by atoms with Crippen molar-refractivity contribution >= 4 is 23.1 Å². The third-order valence-electron chi connectivity index (χ3n) is 3.97. The number of nitrogens with one attached hydrogen (secondary N) is 2. The number of anilines is 1. The smallest absolute Gasteiger partial charge is 0.248 e. The molecule has 0 aliphatic rings. The Morgan fingerprint density at radius 1 is 1.04 bits per heavy atom. The van der Waals surface area contributed by atoms with Gasteiger partial charge in [-0.2, -0.15) is 0 Å². The summed E-state index contributed by atoms with van der Waals surface area (Å²) in [6, 6.07) is 13.2. The molecule has 7 heteroatoms. The van der Waals surface area contributed by atoms with Crippen molar-refractivity contribution in [1.29, 1.82) is 0 Å². The minimum absolute atomic E-state index is 0.305. The summed E-state index contributed by atoms with van der Waals surface area (Å²) in [5, 5.41) is 13.7. The van der Waals surface area contributed by atoms with Gasteiger partial charge < -0.3 is 10.6 Å². The molecule has 0 fully saturated rings. The highest BCUT2D eigenvalue weighted by Gasteiger charge is 2.04. The van der Waals surface area contributed by atoms with Crippen LogP contribution in [0, 0.1) is 6.92 Å².